The third-order valence-corrected chi connectivity index (χ3v) is 3.18. The minimum Gasteiger partial charge on any atom is -0.508 e. The smallest absolute Gasteiger partial charge is 0.214 e. The van der Waals surface area contributed by atoms with E-state index >= 15 is 0 Å². The summed E-state index contributed by atoms with van der Waals surface area (Å²) in [5.74, 6) is 0.547. The zero-order valence-corrected chi connectivity index (χ0v) is 13.5. The molecule has 3 N–H and O–H groups in total. The van der Waals surface area contributed by atoms with E-state index in [2.05, 4.69) is 38.7 Å². The average molecular weight is 322 g/mol. The van der Waals surface area contributed by atoms with Gasteiger partial charge in [-0.15, -0.1) is 0 Å². The number of benzene rings is 2. The van der Waals surface area contributed by atoms with Crippen molar-refractivity contribution >= 4 is 29.2 Å². The Labute approximate surface area is 135 Å². The van der Waals surface area contributed by atoms with Crippen LogP contribution in [0.4, 0.5) is 0 Å². The van der Waals surface area contributed by atoms with Gasteiger partial charge in [-0.2, -0.15) is 0 Å². The Hall–Kier alpha value is -1.72. The van der Waals surface area contributed by atoms with Crippen LogP contribution in [0.5, 0.6) is 11.5 Å². The van der Waals surface area contributed by atoms with Gasteiger partial charge in [0.05, 0.1) is 0 Å². The highest BCUT2D eigenvalue weighted by molar-refractivity contribution is 8.10. The van der Waals surface area contributed by atoms with Crippen LogP contribution in [0.25, 0.3) is 0 Å². The maximum atomic E-state index is 9.30. The molecule has 112 valence electrons. The standard InChI is InChI=1S/C15H16O2.CH2OS2/c1-15(2,11-3-7-13(16)8-4-11)12-5-9-14(17)10-6-12;2-1(3)4/h3-10,16-17H,1-2H3;(H2,2,3,4). The normalized spacial score (nSPS) is 10.4. The number of phenolic OH excluding ortho intramolecular Hbond substituents is 2. The number of hydrogen-bond donors (Lipinski definition) is 4. The number of thiocarbonyl (C=S) groups is 1. The van der Waals surface area contributed by atoms with Gasteiger partial charge in [0.25, 0.3) is 0 Å². The molecule has 0 saturated heterocycles. The van der Waals surface area contributed by atoms with Crippen LogP contribution in [0.15, 0.2) is 48.5 Å². The Morgan fingerprint density at radius 3 is 1.33 bits per heavy atom. The van der Waals surface area contributed by atoms with Crippen molar-refractivity contribution in [3.63, 3.8) is 0 Å². The molecule has 0 bridgehead atoms. The number of aliphatic hydroxyl groups is 1. The van der Waals surface area contributed by atoms with E-state index in [4.69, 9.17) is 5.11 Å². The quantitative estimate of drug-likeness (QED) is 0.495. The number of phenols is 2. The fraction of sp³-hybridized carbons (Fsp3) is 0.188. The summed E-state index contributed by atoms with van der Waals surface area (Å²) in [5, 5.41) is 26.2. The minimum absolute atomic E-state index is 0.151. The molecule has 0 fully saturated rings. The van der Waals surface area contributed by atoms with E-state index < -0.39 is 0 Å². The van der Waals surface area contributed by atoms with Crippen LogP contribution in [0.3, 0.4) is 0 Å². The van der Waals surface area contributed by atoms with Crippen molar-refractivity contribution in [1.82, 2.24) is 0 Å². The van der Waals surface area contributed by atoms with Crippen LogP contribution in [-0.2, 0) is 5.41 Å². The summed E-state index contributed by atoms with van der Waals surface area (Å²) in [6.45, 7) is 4.23. The van der Waals surface area contributed by atoms with Crippen molar-refractivity contribution in [2.45, 2.75) is 19.3 Å². The number of thiol groups is 1. The van der Waals surface area contributed by atoms with Gasteiger partial charge in [-0.05, 0) is 47.6 Å². The predicted molar refractivity (Wildman–Crippen MR) is 92.6 cm³/mol. The number of rotatable bonds is 2. The monoisotopic (exact) mass is 322 g/mol. The van der Waals surface area contributed by atoms with Gasteiger partial charge in [-0.3, -0.25) is 0 Å². The summed E-state index contributed by atoms with van der Waals surface area (Å²) < 4.78 is -0.306. The summed E-state index contributed by atoms with van der Waals surface area (Å²) in [6, 6.07) is 14.4. The molecule has 0 aliphatic rings. The zero-order valence-electron chi connectivity index (χ0n) is 11.8. The molecular weight excluding hydrogens is 304 g/mol. The van der Waals surface area contributed by atoms with Crippen LogP contribution >= 0.6 is 24.8 Å². The highest BCUT2D eigenvalue weighted by Gasteiger charge is 2.22. The van der Waals surface area contributed by atoms with Crippen LogP contribution in [0.1, 0.15) is 25.0 Å². The Kier molecular flexibility index (Phi) is 6.05. The molecule has 0 saturated carbocycles. The van der Waals surface area contributed by atoms with Crippen molar-refractivity contribution < 1.29 is 15.3 Å². The molecule has 2 rings (SSSR count). The lowest BCUT2D eigenvalue weighted by atomic mass is 9.78. The van der Waals surface area contributed by atoms with E-state index in [1.165, 1.54) is 0 Å². The van der Waals surface area contributed by atoms with Gasteiger partial charge in [-0.25, -0.2) is 0 Å². The van der Waals surface area contributed by atoms with E-state index in [0.29, 0.717) is 0 Å². The molecule has 0 aliphatic carbocycles. The van der Waals surface area contributed by atoms with Gasteiger partial charge in [0, 0.05) is 5.41 Å². The third-order valence-electron chi connectivity index (χ3n) is 3.18. The third kappa shape index (κ3) is 5.28. The lowest BCUT2D eigenvalue weighted by Crippen LogP contribution is -2.18. The lowest BCUT2D eigenvalue weighted by molar-refractivity contribution is 0.474. The molecule has 0 spiro atoms. The van der Waals surface area contributed by atoms with E-state index in [1.807, 2.05) is 24.3 Å². The lowest BCUT2D eigenvalue weighted by Gasteiger charge is -2.26. The van der Waals surface area contributed by atoms with Crippen LogP contribution in [-0.4, -0.2) is 19.7 Å². The van der Waals surface area contributed by atoms with Gasteiger partial charge in [-0.1, -0.05) is 50.7 Å². The number of aromatic hydroxyl groups is 2. The molecule has 3 nitrogen and oxygen atoms in total. The minimum atomic E-state index is -0.306. The van der Waals surface area contributed by atoms with Gasteiger partial charge in [0.1, 0.15) is 11.5 Å². The molecule has 0 unspecified atom stereocenters. The molecule has 21 heavy (non-hydrogen) atoms. The van der Waals surface area contributed by atoms with Gasteiger partial charge >= 0.3 is 0 Å². The van der Waals surface area contributed by atoms with Crippen LogP contribution < -0.4 is 0 Å². The van der Waals surface area contributed by atoms with Gasteiger partial charge in [0.15, 0.2) is 0 Å². The summed E-state index contributed by atoms with van der Waals surface area (Å²) >= 11 is 7.21. The van der Waals surface area contributed by atoms with Gasteiger partial charge in [0.2, 0.25) is 4.38 Å². The SMILES string of the molecule is CC(C)(c1ccc(O)cc1)c1ccc(O)cc1.OC(=S)S. The highest BCUT2D eigenvalue weighted by Crippen LogP contribution is 2.32. The first-order valence-electron chi connectivity index (χ1n) is 6.24. The van der Waals surface area contributed by atoms with Crippen molar-refractivity contribution in [2.75, 3.05) is 0 Å². The zero-order chi connectivity index (χ0) is 16.0. The van der Waals surface area contributed by atoms with Crippen LogP contribution in [0, 0.1) is 0 Å². The molecule has 2 aromatic rings. The van der Waals surface area contributed by atoms with Crippen molar-refractivity contribution in [3.8, 4) is 11.5 Å². The molecule has 0 aromatic heterocycles. The molecule has 0 amide bonds. The molecule has 0 radical (unpaired) electrons. The maximum absolute atomic E-state index is 9.30. The maximum Gasteiger partial charge on any atom is 0.214 e. The summed E-state index contributed by atoms with van der Waals surface area (Å²) in [6.07, 6.45) is 0. The molecule has 0 atom stereocenters. The summed E-state index contributed by atoms with van der Waals surface area (Å²) in [4.78, 5) is 0. The predicted octanol–water partition coefficient (Wildman–Crippen LogP) is 4.18. The molecule has 2 aromatic carbocycles. The van der Waals surface area contributed by atoms with Gasteiger partial charge < -0.3 is 15.3 Å². The highest BCUT2D eigenvalue weighted by atomic mass is 32.1. The average Bonchev–Trinajstić information content (AvgIpc) is 2.39. The molecular formula is C16H18O3S2. The topological polar surface area (TPSA) is 60.7 Å². The Bertz CT molecular complexity index is 538. The number of aliphatic hydroxyl groups excluding tert-OH is 1. The summed E-state index contributed by atoms with van der Waals surface area (Å²) in [5.41, 5.74) is 2.10. The second kappa shape index (κ2) is 7.33. The van der Waals surface area contributed by atoms with E-state index in [1.54, 1.807) is 24.3 Å². The van der Waals surface area contributed by atoms with Crippen molar-refractivity contribution in [1.29, 1.82) is 0 Å². The van der Waals surface area contributed by atoms with Crippen LogP contribution in [0.2, 0.25) is 0 Å². The Morgan fingerprint density at radius 2 is 1.10 bits per heavy atom. The Morgan fingerprint density at radius 1 is 0.857 bits per heavy atom. The molecule has 0 heterocycles. The Balaban J connectivity index is 0.000000491. The second-order valence-electron chi connectivity index (χ2n) is 5.00. The number of hydrogen-bond acceptors (Lipinski definition) is 3. The van der Waals surface area contributed by atoms with E-state index in [0.717, 1.165) is 11.1 Å². The molecule has 5 heteroatoms. The fourth-order valence-corrected chi connectivity index (χ4v) is 1.92. The first-order valence-corrected chi connectivity index (χ1v) is 7.10. The van der Waals surface area contributed by atoms with Crippen molar-refractivity contribution in [3.05, 3.63) is 59.7 Å². The molecule has 0 aliphatic heterocycles. The van der Waals surface area contributed by atoms with E-state index in [-0.39, 0.29) is 21.3 Å². The largest absolute Gasteiger partial charge is 0.508 e. The van der Waals surface area contributed by atoms with Crippen molar-refractivity contribution in [2.24, 2.45) is 0 Å². The van der Waals surface area contributed by atoms with E-state index in [9.17, 15) is 10.2 Å². The second-order valence-corrected chi connectivity index (χ2v) is 6.11. The first-order chi connectivity index (χ1) is 9.73. The summed E-state index contributed by atoms with van der Waals surface area (Å²) in [7, 11) is 0. The fourth-order valence-electron chi connectivity index (χ4n) is 1.92. The first kappa shape index (κ1) is 17.3.